The molecule has 0 spiro atoms. The summed E-state index contributed by atoms with van der Waals surface area (Å²) in [5, 5.41) is 12.1. The van der Waals surface area contributed by atoms with E-state index in [9.17, 15) is 4.79 Å². The van der Waals surface area contributed by atoms with Gasteiger partial charge in [-0.15, -0.1) is 0 Å². The molecule has 0 aliphatic carbocycles. The van der Waals surface area contributed by atoms with Crippen molar-refractivity contribution in [2.45, 2.75) is 129 Å². The lowest BCUT2D eigenvalue weighted by molar-refractivity contribution is -0.150. The number of hydrogen-bond acceptors (Lipinski definition) is 4. The number of ether oxygens (including phenoxy) is 1. The van der Waals surface area contributed by atoms with Crippen LogP contribution in [0.1, 0.15) is 123 Å². The Kier molecular flexibility index (Phi) is 22.2. The van der Waals surface area contributed by atoms with E-state index in [2.05, 4.69) is 19.2 Å². The average Bonchev–Trinajstić information content (AvgIpc) is 2.69. The Morgan fingerprint density at radius 3 is 2.04 bits per heavy atom. The van der Waals surface area contributed by atoms with Crippen molar-refractivity contribution in [2.75, 3.05) is 19.7 Å². The molecular weight excluding hydrogens is 350 g/mol. The van der Waals surface area contributed by atoms with Crippen LogP contribution in [0.3, 0.4) is 0 Å². The smallest absolute Gasteiger partial charge is 0.306 e. The number of aliphatic hydroxyl groups is 1. The van der Waals surface area contributed by atoms with Gasteiger partial charge < -0.3 is 15.2 Å². The molecule has 0 aromatic rings. The second-order valence-electron chi connectivity index (χ2n) is 8.16. The monoisotopic (exact) mass is 399 g/mol. The summed E-state index contributed by atoms with van der Waals surface area (Å²) in [7, 11) is 0. The largest absolute Gasteiger partial charge is 0.462 e. The van der Waals surface area contributed by atoms with Gasteiger partial charge in [0.1, 0.15) is 6.10 Å². The molecule has 0 aliphatic rings. The van der Waals surface area contributed by atoms with Gasteiger partial charge in [-0.1, -0.05) is 71.6 Å². The molecule has 0 rings (SSSR count). The normalized spacial score (nSPS) is 12.2. The van der Waals surface area contributed by atoms with E-state index in [1.165, 1.54) is 57.8 Å². The molecule has 0 aromatic carbocycles. The van der Waals surface area contributed by atoms with Crippen LogP contribution < -0.4 is 5.32 Å². The Labute approximate surface area is 175 Å². The van der Waals surface area contributed by atoms with E-state index in [1.54, 1.807) is 0 Å². The third kappa shape index (κ3) is 20.1. The zero-order chi connectivity index (χ0) is 20.7. The van der Waals surface area contributed by atoms with Crippen molar-refractivity contribution in [1.29, 1.82) is 0 Å². The number of unbranched alkanes of at least 4 members (excludes halogenated alkanes) is 10. The highest BCUT2D eigenvalue weighted by molar-refractivity contribution is 5.69. The second kappa shape index (κ2) is 22.7. The molecule has 4 heteroatoms. The van der Waals surface area contributed by atoms with Crippen molar-refractivity contribution in [2.24, 2.45) is 0 Å². The summed E-state index contributed by atoms with van der Waals surface area (Å²) >= 11 is 0. The van der Waals surface area contributed by atoms with Crippen molar-refractivity contribution in [1.82, 2.24) is 5.32 Å². The molecule has 0 bridgehead atoms. The maximum Gasteiger partial charge on any atom is 0.306 e. The molecule has 0 radical (unpaired) electrons. The highest BCUT2D eigenvalue weighted by Crippen LogP contribution is 2.15. The van der Waals surface area contributed by atoms with Crippen LogP contribution >= 0.6 is 0 Å². The number of carbonyl (C=O) groups is 1. The van der Waals surface area contributed by atoms with Crippen LogP contribution in [0, 0.1) is 0 Å². The zero-order valence-corrected chi connectivity index (χ0v) is 19.0. The minimum absolute atomic E-state index is 0.00924. The van der Waals surface area contributed by atoms with Crippen LogP contribution in [0.15, 0.2) is 0 Å². The number of carbonyl (C=O) groups excluding carboxylic acids is 1. The summed E-state index contributed by atoms with van der Waals surface area (Å²) < 4.78 is 5.74. The third-order valence-corrected chi connectivity index (χ3v) is 5.28. The van der Waals surface area contributed by atoms with Crippen molar-refractivity contribution in [3.05, 3.63) is 0 Å². The van der Waals surface area contributed by atoms with Crippen molar-refractivity contribution in [3.63, 3.8) is 0 Å². The first-order valence-corrected chi connectivity index (χ1v) is 12.3. The fourth-order valence-corrected chi connectivity index (χ4v) is 3.52. The zero-order valence-electron chi connectivity index (χ0n) is 19.0. The van der Waals surface area contributed by atoms with Gasteiger partial charge in [0, 0.05) is 13.0 Å². The first-order chi connectivity index (χ1) is 13.7. The van der Waals surface area contributed by atoms with E-state index >= 15 is 0 Å². The number of rotatable bonds is 22. The standard InChI is InChI=1S/C24H49NO3/c1-3-5-6-7-9-12-18-23(17-4-2)28-24(27)19-13-10-8-11-14-20-25-21-15-16-22-26/h23,25-26H,3-22H2,1-2H3. The molecule has 0 heterocycles. The van der Waals surface area contributed by atoms with Gasteiger partial charge in [0.05, 0.1) is 0 Å². The quantitative estimate of drug-likeness (QED) is 0.169. The van der Waals surface area contributed by atoms with Gasteiger partial charge in [-0.3, -0.25) is 4.79 Å². The number of hydrogen-bond donors (Lipinski definition) is 2. The SMILES string of the molecule is CCCCCCCCC(CCC)OC(=O)CCCCCCCNCCCCO. The third-order valence-electron chi connectivity index (χ3n) is 5.28. The summed E-state index contributed by atoms with van der Waals surface area (Å²) in [4.78, 5) is 12.1. The van der Waals surface area contributed by atoms with Crippen molar-refractivity contribution in [3.8, 4) is 0 Å². The Morgan fingerprint density at radius 1 is 0.750 bits per heavy atom. The summed E-state index contributed by atoms with van der Waals surface area (Å²) in [5.41, 5.74) is 0. The van der Waals surface area contributed by atoms with Crippen molar-refractivity contribution < 1.29 is 14.6 Å². The molecule has 4 nitrogen and oxygen atoms in total. The Hall–Kier alpha value is -0.610. The molecule has 0 fully saturated rings. The second-order valence-corrected chi connectivity index (χ2v) is 8.16. The Morgan fingerprint density at radius 2 is 1.36 bits per heavy atom. The first kappa shape index (κ1) is 27.4. The molecule has 1 atom stereocenters. The Balaban J connectivity index is 3.56. The molecular formula is C24H49NO3. The van der Waals surface area contributed by atoms with Gasteiger partial charge >= 0.3 is 5.97 Å². The van der Waals surface area contributed by atoms with Crippen molar-refractivity contribution >= 4 is 5.97 Å². The van der Waals surface area contributed by atoms with Gasteiger partial charge in [-0.2, -0.15) is 0 Å². The summed E-state index contributed by atoms with van der Waals surface area (Å²) in [6, 6.07) is 0. The number of nitrogens with one attached hydrogen (secondary N) is 1. The molecule has 0 aliphatic heterocycles. The van der Waals surface area contributed by atoms with Gasteiger partial charge in [0.25, 0.3) is 0 Å². The van der Waals surface area contributed by atoms with E-state index in [0.717, 1.165) is 58.0 Å². The van der Waals surface area contributed by atoms with E-state index in [4.69, 9.17) is 9.84 Å². The summed E-state index contributed by atoms with van der Waals surface area (Å²) in [6.45, 7) is 6.77. The maximum absolute atomic E-state index is 12.1. The maximum atomic E-state index is 12.1. The molecule has 0 aromatic heterocycles. The van der Waals surface area contributed by atoms with Gasteiger partial charge in [-0.05, 0) is 58.0 Å². The Bertz CT molecular complexity index is 323. The predicted molar refractivity (Wildman–Crippen MR) is 120 cm³/mol. The number of esters is 1. The van der Waals surface area contributed by atoms with E-state index in [-0.39, 0.29) is 12.1 Å². The topological polar surface area (TPSA) is 58.6 Å². The molecule has 28 heavy (non-hydrogen) atoms. The molecule has 0 saturated carbocycles. The average molecular weight is 400 g/mol. The van der Waals surface area contributed by atoms with E-state index in [1.807, 2.05) is 0 Å². The lowest BCUT2D eigenvalue weighted by Crippen LogP contribution is -2.18. The van der Waals surface area contributed by atoms with Crippen LogP contribution in [0.25, 0.3) is 0 Å². The highest BCUT2D eigenvalue weighted by Gasteiger charge is 2.13. The minimum Gasteiger partial charge on any atom is -0.462 e. The molecule has 0 saturated heterocycles. The lowest BCUT2D eigenvalue weighted by atomic mass is 10.0. The summed E-state index contributed by atoms with van der Waals surface area (Å²) in [6.07, 6.45) is 19.2. The first-order valence-electron chi connectivity index (χ1n) is 12.3. The molecule has 168 valence electrons. The van der Waals surface area contributed by atoms with E-state index < -0.39 is 0 Å². The number of aliphatic hydroxyl groups excluding tert-OH is 1. The summed E-state index contributed by atoms with van der Waals surface area (Å²) in [5.74, 6) is 0.00924. The fraction of sp³-hybridized carbons (Fsp3) is 0.958. The minimum atomic E-state index is 0.00924. The molecule has 0 amide bonds. The van der Waals surface area contributed by atoms with E-state index in [0.29, 0.717) is 13.0 Å². The van der Waals surface area contributed by atoms with Crippen LogP contribution in [0.5, 0.6) is 0 Å². The predicted octanol–water partition coefficient (Wildman–Crippen LogP) is 6.15. The highest BCUT2D eigenvalue weighted by atomic mass is 16.5. The van der Waals surface area contributed by atoms with Crippen LogP contribution in [-0.2, 0) is 9.53 Å². The van der Waals surface area contributed by atoms with Gasteiger partial charge in [0.2, 0.25) is 0 Å². The molecule has 2 N–H and O–H groups in total. The molecule has 1 unspecified atom stereocenters. The lowest BCUT2D eigenvalue weighted by Gasteiger charge is -2.17. The fourth-order valence-electron chi connectivity index (χ4n) is 3.52. The van der Waals surface area contributed by atoms with Gasteiger partial charge in [0.15, 0.2) is 0 Å². The van der Waals surface area contributed by atoms with Crippen LogP contribution in [-0.4, -0.2) is 36.9 Å². The van der Waals surface area contributed by atoms with Crippen LogP contribution in [0.4, 0.5) is 0 Å². The van der Waals surface area contributed by atoms with Gasteiger partial charge in [-0.25, -0.2) is 0 Å². The van der Waals surface area contributed by atoms with Crippen LogP contribution in [0.2, 0.25) is 0 Å².